The van der Waals surface area contributed by atoms with Gasteiger partial charge in [-0.15, -0.1) is 0 Å². The van der Waals surface area contributed by atoms with E-state index in [2.05, 4.69) is 34.5 Å². The van der Waals surface area contributed by atoms with Crippen LogP contribution in [0.3, 0.4) is 0 Å². The molecular weight excluding hydrogens is 352 g/mol. The number of nitrogens with one attached hydrogen (secondary N) is 1. The van der Waals surface area contributed by atoms with Crippen LogP contribution in [0, 0.1) is 17.0 Å². The maximum absolute atomic E-state index is 13.7. The van der Waals surface area contributed by atoms with E-state index in [1.54, 1.807) is 0 Å². The van der Waals surface area contributed by atoms with Gasteiger partial charge in [0.1, 0.15) is 16.5 Å². The summed E-state index contributed by atoms with van der Waals surface area (Å²) in [5.74, 6) is -1.92. The van der Waals surface area contributed by atoms with Gasteiger partial charge >= 0.3 is 0 Å². The van der Waals surface area contributed by atoms with E-state index < -0.39 is 26.6 Å². The maximum atomic E-state index is 13.7. The van der Waals surface area contributed by atoms with Crippen LogP contribution in [-0.2, 0) is 10.0 Å². The lowest BCUT2D eigenvalue weighted by Gasteiger charge is -2.18. The largest absolute Gasteiger partial charge is 0.244 e. The Kier molecular flexibility index (Phi) is 4.24. The van der Waals surface area contributed by atoms with E-state index in [1.165, 1.54) is 0 Å². The molecule has 20 heavy (non-hydrogen) atoms. The van der Waals surface area contributed by atoms with Crippen molar-refractivity contribution in [3.05, 3.63) is 28.2 Å². The first-order valence-electron chi connectivity index (χ1n) is 6.28. The van der Waals surface area contributed by atoms with E-state index in [0.717, 1.165) is 12.5 Å². The second-order valence-electron chi connectivity index (χ2n) is 5.92. The summed E-state index contributed by atoms with van der Waals surface area (Å²) in [7, 11) is -4.01. The second-order valence-corrected chi connectivity index (χ2v) is 8.43. The minimum Gasteiger partial charge on any atom is -0.208 e. The highest BCUT2D eigenvalue weighted by Gasteiger charge is 2.35. The zero-order chi connectivity index (χ0) is 15.1. The number of hydrogen-bond donors (Lipinski definition) is 1. The summed E-state index contributed by atoms with van der Waals surface area (Å²) < 4.78 is 53.7. The van der Waals surface area contributed by atoms with Crippen LogP contribution in [0.2, 0.25) is 0 Å². The lowest BCUT2D eigenvalue weighted by Crippen LogP contribution is -2.34. The molecule has 1 aliphatic rings. The van der Waals surface area contributed by atoms with Crippen molar-refractivity contribution in [3.8, 4) is 0 Å². The molecule has 0 radical (unpaired) electrons. The predicted octanol–water partition coefficient (Wildman–Crippen LogP) is 3.58. The molecule has 0 aromatic heterocycles. The third kappa shape index (κ3) is 3.38. The topological polar surface area (TPSA) is 46.2 Å². The van der Waals surface area contributed by atoms with Crippen LogP contribution in [0.4, 0.5) is 8.78 Å². The van der Waals surface area contributed by atoms with Crippen LogP contribution >= 0.6 is 15.9 Å². The fourth-order valence-corrected chi connectivity index (χ4v) is 5.04. The molecule has 1 unspecified atom stereocenters. The van der Waals surface area contributed by atoms with E-state index in [1.807, 2.05) is 0 Å². The van der Waals surface area contributed by atoms with Gasteiger partial charge in [0.15, 0.2) is 0 Å². The number of halogens is 3. The normalized spacial score (nSPS) is 22.1. The lowest BCUT2D eigenvalue weighted by atomic mass is 9.92. The summed E-state index contributed by atoms with van der Waals surface area (Å²) in [6.07, 6.45) is 2.33. The average molecular weight is 368 g/mol. The Bertz CT molecular complexity index is 608. The van der Waals surface area contributed by atoms with E-state index >= 15 is 0 Å². The van der Waals surface area contributed by atoms with Crippen molar-refractivity contribution < 1.29 is 17.2 Å². The molecule has 0 bridgehead atoms. The van der Waals surface area contributed by atoms with Crippen LogP contribution < -0.4 is 4.72 Å². The van der Waals surface area contributed by atoms with Crippen molar-refractivity contribution in [1.29, 1.82) is 0 Å². The van der Waals surface area contributed by atoms with Crippen LogP contribution in [0.25, 0.3) is 0 Å². The molecule has 112 valence electrons. The van der Waals surface area contributed by atoms with Crippen LogP contribution in [0.5, 0.6) is 0 Å². The van der Waals surface area contributed by atoms with Crippen molar-refractivity contribution in [2.75, 3.05) is 0 Å². The Labute approximate surface area is 125 Å². The summed E-state index contributed by atoms with van der Waals surface area (Å²) in [5, 5.41) is 0. The second kappa shape index (κ2) is 5.35. The number of sulfonamides is 1. The van der Waals surface area contributed by atoms with Crippen LogP contribution in [-0.4, -0.2) is 14.5 Å². The van der Waals surface area contributed by atoms with Crippen LogP contribution in [0.1, 0.15) is 33.1 Å². The fourth-order valence-electron chi connectivity index (χ4n) is 2.60. The molecule has 1 aliphatic carbocycles. The van der Waals surface area contributed by atoms with Gasteiger partial charge in [-0.1, -0.05) is 13.8 Å². The van der Waals surface area contributed by atoms with Gasteiger partial charge in [-0.05, 0) is 46.7 Å². The fraction of sp³-hybridized carbons (Fsp3) is 0.538. The molecule has 1 N–H and O–H groups in total. The number of hydrogen-bond acceptors (Lipinski definition) is 2. The van der Waals surface area contributed by atoms with Crippen molar-refractivity contribution in [3.63, 3.8) is 0 Å². The summed E-state index contributed by atoms with van der Waals surface area (Å²) in [6, 6.07) is 1.29. The molecule has 1 aromatic carbocycles. The molecule has 3 nitrogen and oxygen atoms in total. The summed E-state index contributed by atoms with van der Waals surface area (Å²) in [4.78, 5) is -0.538. The Morgan fingerprint density at radius 1 is 1.35 bits per heavy atom. The smallest absolute Gasteiger partial charge is 0.208 e. The molecule has 1 saturated carbocycles. The van der Waals surface area contributed by atoms with Crippen molar-refractivity contribution in [2.45, 2.75) is 44.0 Å². The molecule has 2 rings (SSSR count). The van der Waals surface area contributed by atoms with E-state index in [-0.39, 0.29) is 15.9 Å². The quantitative estimate of drug-likeness (QED) is 0.887. The molecule has 0 spiro atoms. The monoisotopic (exact) mass is 367 g/mol. The molecule has 1 atom stereocenters. The zero-order valence-electron chi connectivity index (χ0n) is 11.2. The summed E-state index contributed by atoms with van der Waals surface area (Å²) >= 11 is 2.91. The van der Waals surface area contributed by atoms with Crippen LogP contribution in [0.15, 0.2) is 21.5 Å². The first-order valence-corrected chi connectivity index (χ1v) is 8.55. The molecule has 0 aliphatic heterocycles. The first-order chi connectivity index (χ1) is 9.11. The van der Waals surface area contributed by atoms with Gasteiger partial charge < -0.3 is 0 Å². The lowest BCUT2D eigenvalue weighted by molar-refractivity contribution is 0.372. The molecule has 1 aromatic rings. The first kappa shape index (κ1) is 15.9. The van der Waals surface area contributed by atoms with E-state index in [0.29, 0.717) is 18.9 Å². The minimum atomic E-state index is -4.01. The molecular formula is C13H16BrF2NO2S. The average Bonchev–Trinajstić information content (AvgIpc) is 2.54. The van der Waals surface area contributed by atoms with Gasteiger partial charge in [0.05, 0.1) is 0 Å². The molecule has 7 heteroatoms. The third-order valence-corrected chi connectivity index (χ3v) is 6.01. The third-order valence-electron chi connectivity index (χ3n) is 3.52. The Morgan fingerprint density at radius 2 is 2.00 bits per heavy atom. The van der Waals surface area contributed by atoms with Gasteiger partial charge in [-0.25, -0.2) is 21.9 Å². The molecule has 0 heterocycles. The standard InChI is InChI=1S/C13H16BrF2NO2S/c1-13(2)4-3-9(7-13)17-20(18,19)12-10(14)5-8(15)6-11(12)16/h5-6,9,17H,3-4,7H2,1-2H3. The van der Waals surface area contributed by atoms with Crippen molar-refractivity contribution >= 4 is 26.0 Å². The van der Waals surface area contributed by atoms with E-state index in [4.69, 9.17) is 0 Å². The van der Waals surface area contributed by atoms with Gasteiger partial charge in [0, 0.05) is 16.6 Å². The van der Waals surface area contributed by atoms with Gasteiger partial charge in [-0.3, -0.25) is 0 Å². The Hall–Kier alpha value is -0.530. The minimum absolute atomic E-state index is 0.0752. The van der Waals surface area contributed by atoms with Crippen molar-refractivity contribution in [2.24, 2.45) is 5.41 Å². The molecule has 0 saturated heterocycles. The maximum Gasteiger partial charge on any atom is 0.244 e. The Morgan fingerprint density at radius 3 is 2.50 bits per heavy atom. The van der Waals surface area contributed by atoms with Gasteiger partial charge in [0.2, 0.25) is 10.0 Å². The highest BCUT2D eigenvalue weighted by molar-refractivity contribution is 9.10. The van der Waals surface area contributed by atoms with Gasteiger partial charge in [0.25, 0.3) is 0 Å². The zero-order valence-corrected chi connectivity index (χ0v) is 13.6. The highest BCUT2D eigenvalue weighted by Crippen LogP contribution is 2.38. The van der Waals surface area contributed by atoms with Crippen molar-refractivity contribution in [1.82, 2.24) is 4.72 Å². The highest BCUT2D eigenvalue weighted by atomic mass is 79.9. The SMILES string of the molecule is CC1(C)CCC(NS(=O)(=O)c2c(F)cc(F)cc2Br)C1. The Balaban J connectivity index is 2.28. The summed E-state index contributed by atoms with van der Waals surface area (Å²) in [5.41, 5.74) is 0.0752. The van der Waals surface area contributed by atoms with E-state index in [9.17, 15) is 17.2 Å². The van der Waals surface area contributed by atoms with Gasteiger partial charge in [-0.2, -0.15) is 0 Å². The number of rotatable bonds is 3. The summed E-state index contributed by atoms with van der Waals surface area (Å²) in [6.45, 7) is 4.13. The predicted molar refractivity (Wildman–Crippen MR) is 75.8 cm³/mol. The number of benzene rings is 1. The molecule has 0 amide bonds. The molecule has 1 fully saturated rings.